The molecular weight excluding hydrogens is 250 g/mol. The van der Waals surface area contributed by atoms with Crippen LogP contribution < -0.4 is 5.32 Å². The van der Waals surface area contributed by atoms with Gasteiger partial charge < -0.3 is 15.0 Å². The molecule has 20 heavy (non-hydrogen) atoms. The third-order valence-electron chi connectivity index (χ3n) is 5.42. The first-order valence-corrected chi connectivity index (χ1v) is 8.10. The summed E-state index contributed by atoms with van der Waals surface area (Å²) in [7, 11) is 1.90. The maximum Gasteiger partial charge on any atom is 0.193 e. The van der Waals surface area contributed by atoms with Crippen LogP contribution in [-0.2, 0) is 4.74 Å². The van der Waals surface area contributed by atoms with Gasteiger partial charge in [0.2, 0.25) is 0 Å². The van der Waals surface area contributed by atoms with E-state index in [1.165, 1.54) is 19.3 Å². The summed E-state index contributed by atoms with van der Waals surface area (Å²) in [5.74, 6) is 1.07. The number of aliphatic imine (C=N–C) groups is 1. The smallest absolute Gasteiger partial charge is 0.193 e. The van der Waals surface area contributed by atoms with Crippen LogP contribution in [0.1, 0.15) is 46.5 Å². The monoisotopic (exact) mass is 281 g/mol. The number of nitrogens with one attached hydrogen (secondary N) is 1. The fourth-order valence-electron chi connectivity index (χ4n) is 3.42. The van der Waals surface area contributed by atoms with Crippen LogP contribution in [0.4, 0.5) is 0 Å². The number of hydrogen-bond donors (Lipinski definition) is 1. The number of ether oxygens (including phenoxy) is 1. The maximum atomic E-state index is 5.53. The molecule has 0 amide bonds. The van der Waals surface area contributed by atoms with Crippen molar-refractivity contribution in [1.82, 2.24) is 10.2 Å². The van der Waals surface area contributed by atoms with Crippen LogP contribution in [0, 0.1) is 10.8 Å². The van der Waals surface area contributed by atoms with Crippen LogP contribution in [0.5, 0.6) is 0 Å². The van der Waals surface area contributed by atoms with Crippen LogP contribution >= 0.6 is 0 Å². The Morgan fingerprint density at radius 2 is 2.05 bits per heavy atom. The van der Waals surface area contributed by atoms with Crippen molar-refractivity contribution in [3.63, 3.8) is 0 Å². The summed E-state index contributed by atoms with van der Waals surface area (Å²) < 4.78 is 5.53. The first-order valence-electron chi connectivity index (χ1n) is 8.10. The molecule has 2 aliphatic heterocycles. The minimum Gasteiger partial charge on any atom is -0.381 e. The molecular formula is C16H31N3O. The molecule has 2 aliphatic rings. The summed E-state index contributed by atoms with van der Waals surface area (Å²) in [5, 5.41) is 3.58. The minimum absolute atomic E-state index is 0.266. The first-order chi connectivity index (χ1) is 9.56. The molecule has 2 fully saturated rings. The molecule has 2 rings (SSSR count). The highest BCUT2D eigenvalue weighted by Crippen LogP contribution is 2.37. The highest BCUT2D eigenvalue weighted by Gasteiger charge is 2.37. The molecule has 0 aromatic carbocycles. The molecule has 0 spiro atoms. The molecule has 1 unspecified atom stereocenters. The molecule has 0 aliphatic carbocycles. The van der Waals surface area contributed by atoms with Crippen LogP contribution in [-0.4, -0.2) is 50.8 Å². The summed E-state index contributed by atoms with van der Waals surface area (Å²) in [6.07, 6.45) is 4.97. The fourth-order valence-corrected chi connectivity index (χ4v) is 3.42. The fraction of sp³-hybridized carbons (Fsp3) is 0.938. The van der Waals surface area contributed by atoms with Crippen molar-refractivity contribution >= 4 is 5.96 Å². The normalized spacial score (nSPS) is 30.0. The van der Waals surface area contributed by atoms with Crippen molar-refractivity contribution in [2.45, 2.75) is 46.5 Å². The predicted molar refractivity (Wildman–Crippen MR) is 84.1 cm³/mol. The summed E-state index contributed by atoms with van der Waals surface area (Å²) >= 11 is 0. The van der Waals surface area contributed by atoms with Crippen molar-refractivity contribution < 1.29 is 4.74 Å². The molecule has 0 saturated carbocycles. The van der Waals surface area contributed by atoms with E-state index in [0.29, 0.717) is 5.41 Å². The zero-order valence-electron chi connectivity index (χ0n) is 13.7. The van der Waals surface area contributed by atoms with Crippen LogP contribution in [0.2, 0.25) is 0 Å². The molecule has 116 valence electrons. The van der Waals surface area contributed by atoms with Gasteiger partial charge in [-0.2, -0.15) is 0 Å². The lowest BCUT2D eigenvalue weighted by Crippen LogP contribution is -2.45. The standard InChI is InChI=1S/C16H31N3O/c1-5-16(6-2)7-9-19(12-16)14(17-4)18-11-15(3)8-10-20-13-15/h5-13H2,1-4H3,(H,17,18). The second-order valence-electron chi connectivity index (χ2n) is 6.89. The van der Waals surface area contributed by atoms with E-state index in [1.807, 2.05) is 7.05 Å². The number of rotatable bonds is 4. The lowest BCUT2D eigenvalue weighted by molar-refractivity contribution is 0.160. The Morgan fingerprint density at radius 3 is 2.55 bits per heavy atom. The van der Waals surface area contributed by atoms with Crippen LogP contribution in [0.3, 0.4) is 0 Å². The summed E-state index contributed by atoms with van der Waals surface area (Å²) in [4.78, 5) is 6.92. The summed E-state index contributed by atoms with van der Waals surface area (Å²) in [5.41, 5.74) is 0.764. The van der Waals surface area contributed by atoms with Gasteiger partial charge in [0, 0.05) is 38.7 Å². The van der Waals surface area contributed by atoms with Gasteiger partial charge in [0.1, 0.15) is 0 Å². The molecule has 0 aromatic rings. The largest absolute Gasteiger partial charge is 0.381 e. The zero-order valence-corrected chi connectivity index (χ0v) is 13.7. The quantitative estimate of drug-likeness (QED) is 0.635. The average molecular weight is 281 g/mol. The molecule has 1 atom stereocenters. The molecule has 0 radical (unpaired) electrons. The topological polar surface area (TPSA) is 36.9 Å². The highest BCUT2D eigenvalue weighted by molar-refractivity contribution is 5.80. The minimum atomic E-state index is 0.266. The second-order valence-corrected chi connectivity index (χ2v) is 6.89. The average Bonchev–Trinajstić information content (AvgIpc) is 3.08. The maximum absolute atomic E-state index is 5.53. The van der Waals surface area contributed by atoms with Crippen molar-refractivity contribution in [2.24, 2.45) is 15.8 Å². The Kier molecular flexibility index (Phi) is 4.95. The Balaban J connectivity index is 1.90. The summed E-state index contributed by atoms with van der Waals surface area (Å²) in [6, 6.07) is 0. The Hall–Kier alpha value is -0.770. The Bertz CT molecular complexity index is 344. The van der Waals surface area contributed by atoms with Crippen molar-refractivity contribution in [1.29, 1.82) is 0 Å². The predicted octanol–water partition coefficient (Wildman–Crippen LogP) is 2.50. The Morgan fingerprint density at radius 1 is 1.30 bits per heavy atom. The lowest BCUT2D eigenvalue weighted by Gasteiger charge is -2.30. The van der Waals surface area contributed by atoms with Crippen LogP contribution in [0.15, 0.2) is 4.99 Å². The molecule has 4 heteroatoms. The zero-order chi connectivity index (χ0) is 14.6. The Labute approximate surface area is 124 Å². The second kappa shape index (κ2) is 6.33. The summed E-state index contributed by atoms with van der Waals surface area (Å²) in [6.45, 7) is 11.9. The van der Waals surface area contributed by atoms with Crippen molar-refractivity contribution in [3.05, 3.63) is 0 Å². The highest BCUT2D eigenvalue weighted by atomic mass is 16.5. The van der Waals surface area contributed by atoms with Gasteiger partial charge in [-0.3, -0.25) is 4.99 Å². The number of likely N-dealkylation sites (tertiary alicyclic amines) is 1. The van der Waals surface area contributed by atoms with Gasteiger partial charge >= 0.3 is 0 Å². The molecule has 2 heterocycles. The van der Waals surface area contributed by atoms with Gasteiger partial charge in [0.15, 0.2) is 5.96 Å². The van der Waals surface area contributed by atoms with E-state index in [2.05, 4.69) is 36.0 Å². The van der Waals surface area contributed by atoms with E-state index >= 15 is 0 Å². The third-order valence-corrected chi connectivity index (χ3v) is 5.42. The number of hydrogen-bond acceptors (Lipinski definition) is 2. The van der Waals surface area contributed by atoms with Gasteiger partial charge in [0.05, 0.1) is 6.61 Å². The molecule has 2 saturated heterocycles. The van der Waals surface area contributed by atoms with Crippen molar-refractivity contribution in [2.75, 3.05) is 39.9 Å². The van der Waals surface area contributed by atoms with Crippen LogP contribution in [0.25, 0.3) is 0 Å². The molecule has 1 N–H and O–H groups in total. The van der Waals surface area contributed by atoms with Gasteiger partial charge in [-0.25, -0.2) is 0 Å². The van der Waals surface area contributed by atoms with E-state index in [-0.39, 0.29) is 5.41 Å². The van der Waals surface area contributed by atoms with Crippen molar-refractivity contribution in [3.8, 4) is 0 Å². The molecule has 0 aromatic heterocycles. The van der Waals surface area contributed by atoms with E-state index in [4.69, 9.17) is 4.74 Å². The van der Waals surface area contributed by atoms with E-state index < -0.39 is 0 Å². The first kappa shape index (κ1) is 15.6. The number of nitrogens with zero attached hydrogens (tertiary/aromatic N) is 2. The molecule has 4 nitrogen and oxygen atoms in total. The van der Waals surface area contributed by atoms with Gasteiger partial charge in [-0.1, -0.05) is 20.8 Å². The van der Waals surface area contributed by atoms with Gasteiger partial charge in [-0.05, 0) is 31.1 Å². The van der Waals surface area contributed by atoms with E-state index in [1.54, 1.807) is 0 Å². The van der Waals surface area contributed by atoms with E-state index in [0.717, 1.165) is 45.2 Å². The molecule has 0 bridgehead atoms. The third kappa shape index (κ3) is 3.27. The SMILES string of the molecule is CCC1(CC)CCN(C(=NC)NCC2(C)CCOC2)C1. The van der Waals surface area contributed by atoms with Gasteiger partial charge in [0.25, 0.3) is 0 Å². The lowest BCUT2D eigenvalue weighted by atomic mass is 9.82. The van der Waals surface area contributed by atoms with E-state index in [9.17, 15) is 0 Å². The van der Waals surface area contributed by atoms with Gasteiger partial charge in [-0.15, -0.1) is 0 Å². The number of guanidine groups is 1.